The highest BCUT2D eigenvalue weighted by molar-refractivity contribution is 6.35. The lowest BCUT2D eigenvalue weighted by Crippen LogP contribution is -2.42. The first kappa shape index (κ1) is 14.5. The van der Waals surface area contributed by atoms with E-state index in [1.54, 1.807) is 24.3 Å². The minimum Gasteiger partial charge on any atom is -0.323 e. The van der Waals surface area contributed by atoms with Gasteiger partial charge in [0.2, 0.25) is 5.91 Å². The number of anilines is 2. The summed E-state index contributed by atoms with van der Waals surface area (Å²) in [4.78, 5) is 25.4. The number of rotatable bonds is 1. The SMILES string of the molecule is O=C1CN(C(=O)c2cc(F)c(F)cc2Cl)c2ccccc2N1. The van der Waals surface area contributed by atoms with Crippen LogP contribution >= 0.6 is 11.6 Å². The number of nitrogens with one attached hydrogen (secondary N) is 1. The Balaban J connectivity index is 2.06. The van der Waals surface area contributed by atoms with Gasteiger partial charge in [0.15, 0.2) is 11.6 Å². The normalized spacial score (nSPS) is 13.6. The van der Waals surface area contributed by atoms with Crippen LogP contribution in [0.1, 0.15) is 10.4 Å². The lowest BCUT2D eigenvalue weighted by atomic mass is 10.1. The highest BCUT2D eigenvalue weighted by Gasteiger charge is 2.29. The summed E-state index contributed by atoms with van der Waals surface area (Å²) in [6, 6.07) is 8.15. The fraction of sp³-hybridized carbons (Fsp3) is 0.0667. The molecule has 22 heavy (non-hydrogen) atoms. The molecular formula is C15H9ClF2N2O2. The quantitative estimate of drug-likeness (QED) is 0.820. The van der Waals surface area contributed by atoms with E-state index in [9.17, 15) is 18.4 Å². The van der Waals surface area contributed by atoms with Gasteiger partial charge in [-0.05, 0) is 24.3 Å². The first-order chi connectivity index (χ1) is 10.5. The van der Waals surface area contributed by atoms with Gasteiger partial charge >= 0.3 is 0 Å². The maximum absolute atomic E-state index is 13.4. The Labute approximate surface area is 129 Å². The second-order valence-corrected chi connectivity index (χ2v) is 5.11. The van der Waals surface area contributed by atoms with Crippen molar-refractivity contribution in [2.75, 3.05) is 16.8 Å². The van der Waals surface area contributed by atoms with E-state index in [0.29, 0.717) is 11.4 Å². The third kappa shape index (κ3) is 2.42. The molecule has 0 radical (unpaired) electrons. The molecule has 0 atom stereocenters. The van der Waals surface area contributed by atoms with Gasteiger partial charge in [-0.1, -0.05) is 23.7 Å². The van der Waals surface area contributed by atoms with Crippen molar-refractivity contribution < 1.29 is 18.4 Å². The van der Waals surface area contributed by atoms with Crippen molar-refractivity contribution in [2.45, 2.75) is 0 Å². The van der Waals surface area contributed by atoms with Gasteiger partial charge in [0.25, 0.3) is 5.91 Å². The molecule has 1 aliphatic rings. The van der Waals surface area contributed by atoms with E-state index in [4.69, 9.17) is 11.6 Å². The zero-order chi connectivity index (χ0) is 15.9. The van der Waals surface area contributed by atoms with Gasteiger partial charge in [-0.3, -0.25) is 14.5 Å². The number of benzene rings is 2. The molecule has 0 aromatic heterocycles. The van der Waals surface area contributed by atoms with Crippen molar-refractivity contribution in [1.82, 2.24) is 0 Å². The van der Waals surface area contributed by atoms with Crippen molar-refractivity contribution in [3.63, 3.8) is 0 Å². The van der Waals surface area contributed by atoms with Crippen LogP contribution in [0.2, 0.25) is 5.02 Å². The smallest absolute Gasteiger partial charge is 0.260 e. The minimum absolute atomic E-state index is 0.204. The molecule has 1 heterocycles. The summed E-state index contributed by atoms with van der Waals surface area (Å²) in [7, 11) is 0. The Morgan fingerprint density at radius 1 is 1.18 bits per heavy atom. The number of halogens is 3. The summed E-state index contributed by atoms with van der Waals surface area (Å²) in [5.74, 6) is -3.38. The molecule has 7 heteroatoms. The topological polar surface area (TPSA) is 49.4 Å². The van der Waals surface area contributed by atoms with E-state index in [2.05, 4.69) is 5.32 Å². The van der Waals surface area contributed by atoms with E-state index >= 15 is 0 Å². The van der Waals surface area contributed by atoms with Crippen LogP contribution in [0.5, 0.6) is 0 Å². The average molecular weight is 323 g/mol. The molecule has 0 fully saturated rings. The number of carbonyl (C=O) groups is 2. The van der Waals surface area contributed by atoms with Crippen LogP contribution in [0.15, 0.2) is 36.4 Å². The summed E-state index contributed by atoms with van der Waals surface area (Å²) < 4.78 is 26.5. The Hall–Kier alpha value is -2.47. The zero-order valence-corrected chi connectivity index (χ0v) is 11.8. The predicted molar refractivity (Wildman–Crippen MR) is 78.1 cm³/mol. The van der Waals surface area contributed by atoms with Gasteiger partial charge in [-0.25, -0.2) is 8.78 Å². The second kappa shape index (κ2) is 5.38. The van der Waals surface area contributed by atoms with Gasteiger partial charge in [0, 0.05) is 0 Å². The number of hydrogen-bond acceptors (Lipinski definition) is 2. The minimum atomic E-state index is -1.18. The van der Waals surface area contributed by atoms with Crippen LogP contribution in [0, 0.1) is 11.6 Å². The highest BCUT2D eigenvalue weighted by atomic mass is 35.5. The molecule has 4 nitrogen and oxygen atoms in total. The Morgan fingerprint density at radius 3 is 2.64 bits per heavy atom. The summed E-state index contributed by atoms with van der Waals surface area (Å²) in [5, 5.41) is 2.42. The number of para-hydroxylation sites is 2. The zero-order valence-electron chi connectivity index (χ0n) is 11.1. The maximum Gasteiger partial charge on any atom is 0.260 e. The number of hydrogen-bond donors (Lipinski definition) is 1. The average Bonchev–Trinajstić information content (AvgIpc) is 2.49. The molecule has 0 bridgehead atoms. The van der Waals surface area contributed by atoms with Gasteiger partial charge in [0.05, 0.1) is 22.0 Å². The summed E-state index contributed by atoms with van der Waals surface area (Å²) >= 11 is 5.82. The molecule has 2 aromatic carbocycles. The van der Waals surface area contributed by atoms with Crippen LogP contribution in [0.3, 0.4) is 0 Å². The standard InChI is InChI=1S/C15H9ClF2N2O2/c16-9-6-11(18)10(17)5-8(9)15(22)20-7-14(21)19-12-3-1-2-4-13(12)20/h1-6H,7H2,(H,19,21). The first-order valence-electron chi connectivity index (χ1n) is 6.32. The van der Waals surface area contributed by atoms with E-state index in [1.165, 1.54) is 4.90 Å². The van der Waals surface area contributed by atoms with Crippen LogP contribution in [-0.4, -0.2) is 18.4 Å². The molecule has 0 unspecified atom stereocenters. The van der Waals surface area contributed by atoms with E-state index < -0.39 is 17.5 Å². The molecule has 0 spiro atoms. The molecule has 0 aliphatic carbocycles. The lowest BCUT2D eigenvalue weighted by molar-refractivity contribution is -0.115. The van der Waals surface area contributed by atoms with Gasteiger partial charge in [-0.2, -0.15) is 0 Å². The molecular weight excluding hydrogens is 314 g/mol. The molecule has 0 saturated carbocycles. The van der Waals surface area contributed by atoms with E-state index in [0.717, 1.165) is 12.1 Å². The molecule has 0 saturated heterocycles. The summed E-state index contributed by atoms with van der Waals surface area (Å²) in [5.41, 5.74) is 0.726. The van der Waals surface area contributed by atoms with E-state index in [-0.39, 0.29) is 23.0 Å². The number of carbonyl (C=O) groups excluding carboxylic acids is 2. The van der Waals surface area contributed by atoms with Crippen molar-refractivity contribution in [3.8, 4) is 0 Å². The van der Waals surface area contributed by atoms with Crippen LogP contribution < -0.4 is 10.2 Å². The predicted octanol–water partition coefficient (Wildman–Crippen LogP) is 3.22. The fourth-order valence-corrected chi connectivity index (χ4v) is 2.48. The van der Waals surface area contributed by atoms with Crippen molar-refractivity contribution in [2.24, 2.45) is 0 Å². The second-order valence-electron chi connectivity index (χ2n) is 4.70. The maximum atomic E-state index is 13.4. The summed E-state index contributed by atoms with van der Waals surface area (Å²) in [6.07, 6.45) is 0. The Morgan fingerprint density at radius 2 is 1.86 bits per heavy atom. The number of fused-ring (bicyclic) bond motifs is 1. The third-order valence-electron chi connectivity index (χ3n) is 3.26. The van der Waals surface area contributed by atoms with Crippen LogP contribution in [0.4, 0.5) is 20.2 Å². The first-order valence-corrected chi connectivity index (χ1v) is 6.70. The monoisotopic (exact) mass is 322 g/mol. The van der Waals surface area contributed by atoms with Crippen molar-refractivity contribution in [1.29, 1.82) is 0 Å². The van der Waals surface area contributed by atoms with Crippen molar-refractivity contribution in [3.05, 3.63) is 58.6 Å². The molecule has 2 amide bonds. The number of nitrogens with zero attached hydrogens (tertiary/aromatic N) is 1. The molecule has 1 aliphatic heterocycles. The molecule has 1 N–H and O–H groups in total. The van der Waals surface area contributed by atoms with Gasteiger partial charge in [0.1, 0.15) is 6.54 Å². The Kier molecular flexibility index (Phi) is 3.54. The lowest BCUT2D eigenvalue weighted by Gasteiger charge is -2.29. The third-order valence-corrected chi connectivity index (χ3v) is 3.57. The molecule has 3 rings (SSSR count). The van der Waals surface area contributed by atoms with Gasteiger partial charge < -0.3 is 5.32 Å². The largest absolute Gasteiger partial charge is 0.323 e. The van der Waals surface area contributed by atoms with Gasteiger partial charge in [-0.15, -0.1) is 0 Å². The van der Waals surface area contributed by atoms with Crippen LogP contribution in [0.25, 0.3) is 0 Å². The van der Waals surface area contributed by atoms with E-state index in [1.807, 2.05) is 0 Å². The van der Waals surface area contributed by atoms with Crippen LogP contribution in [-0.2, 0) is 4.79 Å². The molecule has 2 aromatic rings. The summed E-state index contributed by atoms with van der Waals surface area (Å²) in [6.45, 7) is -0.231. The fourth-order valence-electron chi connectivity index (χ4n) is 2.25. The molecule has 112 valence electrons. The Bertz CT molecular complexity index is 795. The van der Waals surface area contributed by atoms with Crippen molar-refractivity contribution >= 4 is 34.8 Å². The number of amides is 2. The highest BCUT2D eigenvalue weighted by Crippen LogP contribution is 2.31.